The van der Waals surface area contributed by atoms with Gasteiger partial charge in [-0.2, -0.15) is 0 Å². The molecule has 0 saturated carbocycles. The molecule has 0 aliphatic heterocycles. The van der Waals surface area contributed by atoms with Crippen molar-refractivity contribution in [3.63, 3.8) is 0 Å². The maximum atomic E-state index is 4.19. The van der Waals surface area contributed by atoms with Crippen molar-refractivity contribution in [1.82, 2.24) is 15.5 Å². The molecule has 0 spiro atoms. The van der Waals surface area contributed by atoms with Crippen LogP contribution in [0.25, 0.3) is 0 Å². The van der Waals surface area contributed by atoms with Gasteiger partial charge in [-0.15, -0.1) is 21.5 Å². The van der Waals surface area contributed by atoms with E-state index in [2.05, 4.69) is 50.1 Å². The fourth-order valence-corrected chi connectivity index (χ4v) is 2.13. The molecule has 0 aliphatic carbocycles. The quantitative estimate of drug-likeness (QED) is 0.859. The molecule has 86 valence electrons. The molecular formula is C11H21N3S. The molecule has 0 bridgehead atoms. The molecule has 0 atom stereocenters. The van der Waals surface area contributed by atoms with E-state index in [0.717, 1.165) is 23.0 Å². The molecule has 1 rings (SSSR count). The Morgan fingerprint density at radius 2 is 1.80 bits per heavy atom. The number of hydrogen-bond acceptors (Lipinski definition) is 4. The number of rotatable bonds is 4. The highest BCUT2D eigenvalue weighted by atomic mass is 32.1. The first kappa shape index (κ1) is 12.6. The molecule has 3 nitrogen and oxygen atoms in total. The summed E-state index contributed by atoms with van der Waals surface area (Å²) < 4.78 is 0. The van der Waals surface area contributed by atoms with Crippen LogP contribution in [0.3, 0.4) is 0 Å². The second-order valence-corrected chi connectivity index (χ2v) is 6.44. The van der Waals surface area contributed by atoms with E-state index in [1.165, 1.54) is 0 Å². The fourth-order valence-electron chi connectivity index (χ4n) is 1.13. The van der Waals surface area contributed by atoms with E-state index in [4.69, 9.17) is 0 Å². The average Bonchev–Trinajstić information content (AvgIpc) is 2.46. The van der Waals surface area contributed by atoms with Crippen LogP contribution in [-0.2, 0) is 13.0 Å². The normalized spacial score (nSPS) is 12.4. The average molecular weight is 227 g/mol. The Balaban J connectivity index is 2.46. The molecule has 0 unspecified atom stereocenters. The third-order valence-electron chi connectivity index (χ3n) is 1.86. The van der Waals surface area contributed by atoms with E-state index in [0.29, 0.717) is 5.92 Å². The van der Waals surface area contributed by atoms with Crippen molar-refractivity contribution in [2.45, 2.75) is 53.1 Å². The number of nitrogens with zero attached hydrogens (tertiary/aromatic N) is 2. The van der Waals surface area contributed by atoms with Crippen molar-refractivity contribution >= 4 is 11.3 Å². The Kier molecular flexibility index (Phi) is 4.22. The van der Waals surface area contributed by atoms with Gasteiger partial charge in [0.1, 0.15) is 10.0 Å². The van der Waals surface area contributed by atoms with Gasteiger partial charge >= 0.3 is 0 Å². The zero-order valence-corrected chi connectivity index (χ0v) is 11.1. The third-order valence-corrected chi connectivity index (χ3v) is 2.81. The molecule has 1 aromatic heterocycles. The standard InChI is InChI=1S/C11H21N3S/c1-8(2)6-9-13-14-10(15-9)7-12-11(3,4)5/h8,12H,6-7H2,1-5H3. The monoisotopic (exact) mass is 227 g/mol. The summed E-state index contributed by atoms with van der Waals surface area (Å²) in [4.78, 5) is 0. The zero-order valence-electron chi connectivity index (χ0n) is 10.3. The van der Waals surface area contributed by atoms with Gasteiger partial charge in [-0.3, -0.25) is 0 Å². The number of aromatic nitrogens is 2. The Labute approximate surface area is 96.3 Å². The summed E-state index contributed by atoms with van der Waals surface area (Å²) in [6, 6.07) is 0. The minimum Gasteiger partial charge on any atom is -0.306 e. The number of nitrogens with one attached hydrogen (secondary N) is 1. The van der Waals surface area contributed by atoms with Crippen LogP contribution in [0.2, 0.25) is 0 Å². The van der Waals surface area contributed by atoms with Crippen LogP contribution in [0.15, 0.2) is 0 Å². The highest BCUT2D eigenvalue weighted by Gasteiger charge is 2.11. The summed E-state index contributed by atoms with van der Waals surface area (Å²) in [7, 11) is 0. The Morgan fingerprint density at radius 3 is 2.33 bits per heavy atom. The second-order valence-electron chi connectivity index (χ2n) is 5.29. The third kappa shape index (κ3) is 5.23. The molecule has 1 N–H and O–H groups in total. The van der Waals surface area contributed by atoms with Crippen LogP contribution in [0.1, 0.15) is 44.6 Å². The summed E-state index contributed by atoms with van der Waals surface area (Å²) in [6.07, 6.45) is 1.03. The van der Waals surface area contributed by atoms with E-state index in [1.807, 2.05) is 0 Å². The topological polar surface area (TPSA) is 37.8 Å². The largest absolute Gasteiger partial charge is 0.306 e. The molecule has 0 aliphatic rings. The second kappa shape index (κ2) is 5.03. The number of hydrogen-bond donors (Lipinski definition) is 1. The molecule has 15 heavy (non-hydrogen) atoms. The first-order valence-corrected chi connectivity index (χ1v) is 6.25. The Morgan fingerprint density at radius 1 is 1.20 bits per heavy atom. The summed E-state index contributed by atoms with van der Waals surface area (Å²) >= 11 is 1.72. The van der Waals surface area contributed by atoms with Gasteiger partial charge in [0.25, 0.3) is 0 Å². The van der Waals surface area contributed by atoms with Crippen LogP contribution < -0.4 is 5.32 Å². The van der Waals surface area contributed by atoms with Crippen molar-refractivity contribution in [1.29, 1.82) is 0 Å². The highest BCUT2D eigenvalue weighted by Crippen LogP contribution is 2.14. The maximum absolute atomic E-state index is 4.19. The minimum atomic E-state index is 0.143. The summed E-state index contributed by atoms with van der Waals surface area (Å²) in [5, 5.41) is 14.0. The van der Waals surface area contributed by atoms with E-state index in [9.17, 15) is 0 Å². The zero-order chi connectivity index (χ0) is 11.5. The molecule has 0 fully saturated rings. The van der Waals surface area contributed by atoms with Crippen molar-refractivity contribution in [2.75, 3.05) is 0 Å². The Bertz CT molecular complexity index is 299. The van der Waals surface area contributed by atoms with Crippen LogP contribution in [-0.4, -0.2) is 15.7 Å². The van der Waals surface area contributed by atoms with E-state index < -0.39 is 0 Å². The molecule has 4 heteroatoms. The SMILES string of the molecule is CC(C)Cc1nnc(CNC(C)(C)C)s1. The van der Waals surface area contributed by atoms with Gasteiger partial charge in [0.2, 0.25) is 0 Å². The van der Waals surface area contributed by atoms with E-state index in [-0.39, 0.29) is 5.54 Å². The predicted molar refractivity (Wildman–Crippen MR) is 65.0 cm³/mol. The summed E-state index contributed by atoms with van der Waals surface area (Å²) in [5.41, 5.74) is 0.143. The lowest BCUT2D eigenvalue weighted by Crippen LogP contribution is -2.35. The van der Waals surface area contributed by atoms with E-state index in [1.54, 1.807) is 11.3 Å². The molecule has 1 heterocycles. The van der Waals surface area contributed by atoms with Crippen LogP contribution in [0.4, 0.5) is 0 Å². The van der Waals surface area contributed by atoms with Gasteiger partial charge < -0.3 is 5.32 Å². The van der Waals surface area contributed by atoms with Gasteiger partial charge in [0.15, 0.2) is 0 Å². The fraction of sp³-hybridized carbons (Fsp3) is 0.818. The van der Waals surface area contributed by atoms with Gasteiger partial charge in [0, 0.05) is 12.0 Å². The van der Waals surface area contributed by atoms with Gasteiger partial charge in [-0.05, 0) is 26.7 Å². The minimum absolute atomic E-state index is 0.143. The molecule has 0 radical (unpaired) electrons. The predicted octanol–water partition coefficient (Wildman–Crippen LogP) is 2.62. The molecule has 0 amide bonds. The van der Waals surface area contributed by atoms with Crippen LogP contribution in [0, 0.1) is 5.92 Å². The maximum Gasteiger partial charge on any atom is 0.131 e. The van der Waals surface area contributed by atoms with Crippen molar-refractivity contribution in [3.05, 3.63) is 10.0 Å². The molecular weight excluding hydrogens is 206 g/mol. The Hall–Kier alpha value is -0.480. The summed E-state index contributed by atoms with van der Waals surface area (Å²) in [5.74, 6) is 0.654. The molecule has 0 saturated heterocycles. The molecule has 0 aromatic carbocycles. The highest BCUT2D eigenvalue weighted by molar-refractivity contribution is 7.11. The van der Waals surface area contributed by atoms with Gasteiger partial charge in [-0.25, -0.2) is 0 Å². The molecule has 1 aromatic rings. The lowest BCUT2D eigenvalue weighted by Gasteiger charge is -2.19. The smallest absolute Gasteiger partial charge is 0.131 e. The van der Waals surface area contributed by atoms with Crippen molar-refractivity contribution in [2.24, 2.45) is 5.92 Å². The lowest BCUT2D eigenvalue weighted by molar-refractivity contribution is 0.423. The van der Waals surface area contributed by atoms with Crippen molar-refractivity contribution < 1.29 is 0 Å². The van der Waals surface area contributed by atoms with E-state index >= 15 is 0 Å². The lowest BCUT2D eigenvalue weighted by atomic mass is 10.1. The van der Waals surface area contributed by atoms with Crippen molar-refractivity contribution in [3.8, 4) is 0 Å². The van der Waals surface area contributed by atoms with Gasteiger partial charge in [-0.1, -0.05) is 13.8 Å². The van der Waals surface area contributed by atoms with Crippen LogP contribution in [0.5, 0.6) is 0 Å². The first-order chi connectivity index (χ1) is 6.87. The van der Waals surface area contributed by atoms with Crippen LogP contribution >= 0.6 is 11.3 Å². The first-order valence-electron chi connectivity index (χ1n) is 5.43. The summed E-state index contributed by atoms with van der Waals surface area (Å²) in [6.45, 7) is 11.7. The van der Waals surface area contributed by atoms with Gasteiger partial charge in [0.05, 0.1) is 6.54 Å².